The molecule has 2 saturated carbocycles. The van der Waals surface area contributed by atoms with E-state index in [0.717, 1.165) is 24.0 Å². The second-order valence-electron chi connectivity index (χ2n) is 8.03. The van der Waals surface area contributed by atoms with E-state index in [1.165, 1.54) is 38.5 Å². The molecule has 0 radical (unpaired) electrons. The van der Waals surface area contributed by atoms with Crippen LogP contribution in [0.5, 0.6) is 17.2 Å². The second kappa shape index (κ2) is 8.25. The summed E-state index contributed by atoms with van der Waals surface area (Å²) in [6, 6.07) is 7.74. The number of rotatable bonds is 5. The van der Waals surface area contributed by atoms with Crippen molar-refractivity contribution in [3.63, 3.8) is 0 Å². The third kappa shape index (κ3) is 4.16. The van der Waals surface area contributed by atoms with Crippen molar-refractivity contribution < 1.29 is 9.47 Å². The highest BCUT2D eigenvalue weighted by Crippen LogP contribution is 2.41. The Balaban J connectivity index is 1.45. The summed E-state index contributed by atoms with van der Waals surface area (Å²) < 4.78 is 12.3. The van der Waals surface area contributed by atoms with Gasteiger partial charge in [-0.25, -0.2) is 4.98 Å². The maximum atomic E-state index is 6.33. The van der Waals surface area contributed by atoms with E-state index in [9.17, 15) is 0 Å². The van der Waals surface area contributed by atoms with Crippen LogP contribution in [-0.4, -0.2) is 16.1 Å². The minimum absolute atomic E-state index is 0.164. The lowest BCUT2D eigenvalue weighted by Crippen LogP contribution is -2.33. The van der Waals surface area contributed by atoms with E-state index in [1.54, 1.807) is 0 Å². The smallest absolute Gasteiger partial charge is 0.222 e. The molecule has 0 saturated heterocycles. The zero-order valence-corrected chi connectivity index (χ0v) is 16.6. The maximum Gasteiger partial charge on any atom is 0.222 e. The first-order chi connectivity index (χ1) is 13.6. The van der Waals surface area contributed by atoms with Gasteiger partial charge in [0.15, 0.2) is 11.6 Å². The van der Waals surface area contributed by atoms with Crippen molar-refractivity contribution in [2.75, 3.05) is 11.5 Å². The number of fused-ring (bicyclic) bond motifs is 1. The van der Waals surface area contributed by atoms with Gasteiger partial charge in [-0.2, -0.15) is 4.98 Å². The summed E-state index contributed by atoms with van der Waals surface area (Å²) in [4.78, 5) is 8.25. The largest absolute Gasteiger partial charge is 0.490 e. The van der Waals surface area contributed by atoms with Crippen LogP contribution in [0.25, 0.3) is 0 Å². The monoisotopic (exact) mass is 382 g/mol. The molecule has 6 heteroatoms. The molecule has 4 N–H and O–H groups in total. The number of ether oxygens (including phenoxy) is 2. The van der Waals surface area contributed by atoms with Crippen molar-refractivity contribution in [3.05, 3.63) is 30.0 Å². The molecule has 0 spiro atoms. The van der Waals surface area contributed by atoms with Crippen LogP contribution < -0.4 is 20.9 Å². The van der Waals surface area contributed by atoms with Crippen LogP contribution >= 0.6 is 0 Å². The van der Waals surface area contributed by atoms with Gasteiger partial charge in [-0.1, -0.05) is 38.7 Å². The molecule has 2 fully saturated rings. The van der Waals surface area contributed by atoms with E-state index in [4.69, 9.17) is 20.9 Å². The number of anilines is 2. The molecule has 28 heavy (non-hydrogen) atoms. The molecule has 3 unspecified atom stereocenters. The van der Waals surface area contributed by atoms with Gasteiger partial charge in [-0.15, -0.1) is 0 Å². The first kappa shape index (κ1) is 18.8. The van der Waals surface area contributed by atoms with Crippen molar-refractivity contribution in [3.8, 4) is 17.2 Å². The summed E-state index contributed by atoms with van der Waals surface area (Å²) in [6.45, 7) is 1.98. The lowest BCUT2D eigenvalue weighted by atomic mass is 9.70. The van der Waals surface area contributed by atoms with Crippen molar-refractivity contribution in [2.45, 2.75) is 64.4 Å². The molecule has 0 amide bonds. The highest BCUT2D eigenvalue weighted by molar-refractivity contribution is 5.54. The summed E-state index contributed by atoms with van der Waals surface area (Å²) in [5.41, 5.74) is 12.4. The van der Waals surface area contributed by atoms with Gasteiger partial charge >= 0.3 is 0 Å². The van der Waals surface area contributed by atoms with Gasteiger partial charge in [-0.05, 0) is 49.7 Å². The van der Waals surface area contributed by atoms with E-state index >= 15 is 0 Å². The van der Waals surface area contributed by atoms with Crippen molar-refractivity contribution in [2.24, 2.45) is 11.8 Å². The van der Waals surface area contributed by atoms with Crippen LogP contribution in [0.15, 0.2) is 24.3 Å². The van der Waals surface area contributed by atoms with Gasteiger partial charge in [0.25, 0.3) is 0 Å². The van der Waals surface area contributed by atoms with Gasteiger partial charge in [-0.3, -0.25) is 0 Å². The fraction of sp³-hybridized carbons (Fsp3) is 0.545. The summed E-state index contributed by atoms with van der Waals surface area (Å²) in [7, 11) is 0. The van der Waals surface area contributed by atoms with Gasteiger partial charge in [0.05, 0.1) is 11.8 Å². The Labute approximate surface area is 166 Å². The molecule has 1 aromatic heterocycles. The second-order valence-corrected chi connectivity index (χ2v) is 8.03. The van der Waals surface area contributed by atoms with Gasteiger partial charge in [0.1, 0.15) is 11.5 Å². The van der Waals surface area contributed by atoms with Gasteiger partial charge in [0, 0.05) is 6.07 Å². The first-order valence-corrected chi connectivity index (χ1v) is 10.5. The molecular weight excluding hydrogens is 352 g/mol. The Kier molecular flexibility index (Phi) is 5.55. The molecule has 150 valence electrons. The number of benzene rings is 1. The lowest BCUT2D eigenvalue weighted by Gasteiger charge is -2.39. The number of hydrogen-bond acceptors (Lipinski definition) is 6. The number of hydrogen-bond donors (Lipinski definition) is 2. The molecule has 6 nitrogen and oxygen atoms in total. The molecule has 2 aliphatic carbocycles. The quantitative estimate of drug-likeness (QED) is 0.776. The molecule has 1 aromatic carbocycles. The topological polar surface area (TPSA) is 96.3 Å². The normalized spacial score (nSPS) is 24.4. The van der Waals surface area contributed by atoms with Crippen LogP contribution in [0.3, 0.4) is 0 Å². The number of nitrogens with zero attached hydrogens (tertiary/aromatic N) is 2. The molecule has 3 atom stereocenters. The molecule has 4 rings (SSSR count). The Hall–Kier alpha value is -2.50. The van der Waals surface area contributed by atoms with E-state index in [2.05, 4.69) is 9.97 Å². The number of aromatic nitrogens is 2. The SMILES string of the molecule is CCc1nc(N)nc(N)c1Oc1cccc(OC2CCC3CCCCC3C2)c1. The van der Waals surface area contributed by atoms with Gasteiger partial charge in [0.2, 0.25) is 5.95 Å². The standard InChI is InChI=1S/C22H30N4O2/c1-2-19-20(21(23)26-22(24)25-19)28-17-9-5-8-16(13-17)27-18-11-10-14-6-3-4-7-15(14)12-18/h5,8-9,13-15,18H,2-4,6-7,10-12H2,1H3,(H4,23,24,25,26). The number of nitrogens with two attached hydrogens (primary N) is 2. The van der Waals surface area contributed by atoms with Crippen LogP contribution in [0.4, 0.5) is 11.8 Å². The Bertz CT molecular complexity index is 826. The summed E-state index contributed by atoms with van der Waals surface area (Å²) in [6.07, 6.45) is 10.1. The minimum Gasteiger partial charge on any atom is -0.490 e. The zero-order valence-electron chi connectivity index (χ0n) is 16.6. The van der Waals surface area contributed by atoms with E-state index < -0.39 is 0 Å². The van der Waals surface area contributed by atoms with Gasteiger partial charge < -0.3 is 20.9 Å². The highest BCUT2D eigenvalue weighted by atomic mass is 16.5. The van der Waals surface area contributed by atoms with Crippen LogP contribution in [-0.2, 0) is 6.42 Å². The van der Waals surface area contributed by atoms with Crippen LogP contribution in [0.1, 0.15) is 57.6 Å². The third-order valence-electron chi connectivity index (χ3n) is 6.13. The summed E-state index contributed by atoms with van der Waals surface area (Å²) in [5.74, 6) is 4.15. The zero-order chi connectivity index (χ0) is 19.5. The fourth-order valence-corrected chi connectivity index (χ4v) is 4.75. The molecule has 2 aromatic rings. The molecule has 1 heterocycles. The molecule has 0 aliphatic heterocycles. The predicted molar refractivity (Wildman–Crippen MR) is 110 cm³/mol. The number of nitrogen functional groups attached to an aromatic ring is 2. The minimum atomic E-state index is 0.164. The van der Waals surface area contributed by atoms with Crippen LogP contribution in [0.2, 0.25) is 0 Å². The maximum absolute atomic E-state index is 6.33. The predicted octanol–water partition coefficient (Wildman–Crippen LogP) is 4.73. The molecule has 0 bridgehead atoms. The van der Waals surface area contributed by atoms with E-state index in [0.29, 0.717) is 29.7 Å². The fourth-order valence-electron chi connectivity index (χ4n) is 4.75. The Morgan fingerprint density at radius 2 is 1.79 bits per heavy atom. The Morgan fingerprint density at radius 3 is 2.61 bits per heavy atom. The van der Waals surface area contributed by atoms with E-state index in [1.807, 2.05) is 31.2 Å². The van der Waals surface area contributed by atoms with Crippen LogP contribution in [0, 0.1) is 11.8 Å². The van der Waals surface area contributed by atoms with E-state index in [-0.39, 0.29) is 11.8 Å². The number of aryl methyl sites for hydroxylation is 1. The Morgan fingerprint density at radius 1 is 1.00 bits per heavy atom. The average Bonchev–Trinajstić information content (AvgIpc) is 2.70. The molecular formula is C22H30N4O2. The van der Waals surface area contributed by atoms with Crippen molar-refractivity contribution in [1.29, 1.82) is 0 Å². The summed E-state index contributed by atoms with van der Waals surface area (Å²) >= 11 is 0. The third-order valence-corrected chi connectivity index (χ3v) is 6.13. The lowest BCUT2D eigenvalue weighted by molar-refractivity contribution is 0.0646. The van der Waals surface area contributed by atoms with Crippen molar-refractivity contribution in [1.82, 2.24) is 9.97 Å². The average molecular weight is 383 g/mol. The molecule has 2 aliphatic rings. The summed E-state index contributed by atoms with van der Waals surface area (Å²) in [5, 5.41) is 0. The highest BCUT2D eigenvalue weighted by Gasteiger charge is 2.33. The first-order valence-electron chi connectivity index (χ1n) is 10.5. The van der Waals surface area contributed by atoms with Crippen molar-refractivity contribution >= 4 is 11.8 Å².